The van der Waals surface area contributed by atoms with Crippen molar-refractivity contribution in [3.63, 3.8) is 0 Å². The normalized spacial score (nSPS) is 16.5. The molecule has 16 heavy (non-hydrogen) atoms. The van der Waals surface area contributed by atoms with Gasteiger partial charge in [-0.2, -0.15) is 0 Å². The van der Waals surface area contributed by atoms with E-state index >= 15 is 0 Å². The van der Waals surface area contributed by atoms with Crippen LogP contribution in [0.4, 0.5) is 0 Å². The molecule has 1 fully saturated rings. The van der Waals surface area contributed by atoms with Gasteiger partial charge in [-0.25, -0.2) is 0 Å². The van der Waals surface area contributed by atoms with Crippen molar-refractivity contribution < 1.29 is 9.53 Å². The number of carbonyl (C=O) groups is 1. The molecule has 0 radical (unpaired) electrons. The van der Waals surface area contributed by atoms with E-state index in [0.29, 0.717) is 13.2 Å². The second kappa shape index (κ2) is 7.93. The third kappa shape index (κ3) is 5.56. The second-order valence-corrected chi connectivity index (χ2v) is 3.74. The van der Waals surface area contributed by atoms with Gasteiger partial charge >= 0.3 is 0 Å². The van der Waals surface area contributed by atoms with Gasteiger partial charge in [0, 0.05) is 19.2 Å². The van der Waals surface area contributed by atoms with Gasteiger partial charge in [0.1, 0.15) is 6.61 Å². The first kappa shape index (κ1) is 12.8. The first-order valence-electron chi connectivity index (χ1n) is 5.72. The monoisotopic (exact) mass is 224 g/mol. The zero-order chi connectivity index (χ0) is 11.6. The first-order valence-corrected chi connectivity index (χ1v) is 5.72. The Labute approximate surface area is 97.0 Å². The van der Waals surface area contributed by atoms with E-state index in [-0.39, 0.29) is 5.91 Å². The van der Waals surface area contributed by atoms with Gasteiger partial charge in [-0.05, 0) is 32.0 Å². The van der Waals surface area contributed by atoms with E-state index in [4.69, 9.17) is 4.74 Å². The van der Waals surface area contributed by atoms with E-state index in [1.165, 1.54) is 38.3 Å². The van der Waals surface area contributed by atoms with Crippen LogP contribution in [0.5, 0.6) is 0 Å². The van der Waals surface area contributed by atoms with Crippen molar-refractivity contribution in [2.24, 2.45) is 0 Å². The summed E-state index contributed by atoms with van der Waals surface area (Å²) in [5.41, 5.74) is 0. The molecular formula is C12H20N2O2. The van der Waals surface area contributed by atoms with Crippen molar-refractivity contribution in [3.05, 3.63) is 25.0 Å². The van der Waals surface area contributed by atoms with Gasteiger partial charge < -0.3 is 15.0 Å². The van der Waals surface area contributed by atoms with Crippen LogP contribution in [0.15, 0.2) is 25.0 Å². The van der Waals surface area contributed by atoms with Crippen LogP contribution in [0.1, 0.15) is 12.8 Å². The summed E-state index contributed by atoms with van der Waals surface area (Å²) in [4.78, 5) is 13.6. The number of likely N-dealkylation sites (tertiary alicyclic amines) is 1. The fraction of sp³-hybridized carbons (Fsp3) is 0.583. The van der Waals surface area contributed by atoms with Crippen LogP contribution in [0.25, 0.3) is 0 Å². The smallest absolute Gasteiger partial charge is 0.243 e. The molecule has 1 amide bonds. The summed E-state index contributed by atoms with van der Waals surface area (Å²) < 4.78 is 4.86. The second-order valence-electron chi connectivity index (χ2n) is 3.74. The molecule has 4 nitrogen and oxygen atoms in total. The highest BCUT2D eigenvalue weighted by atomic mass is 16.5. The summed E-state index contributed by atoms with van der Waals surface area (Å²) in [7, 11) is 0. The van der Waals surface area contributed by atoms with Crippen molar-refractivity contribution in [2.75, 3.05) is 32.8 Å². The van der Waals surface area contributed by atoms with Crippen molar-refractivity contribution in [1.29, 1.82) is 0 Å². The number of nitrogens with one attached hydrogen (secondary N) is 1. The molecule has 0 aromatic rings. The minimum absolute atomic E-state index is 0.0631. The van der Waals surface area contributed by atoms with E-state index in [1.54, 1.807) is 6.08 Å². The first-order chi connectivity index (χ1) is 7.83. The maximum Gasteiger partial charge on any atom is 0.243 e. The van der Waals surface area contributed by atoms with Crippen LogP contribution in [-0.4, -0.2) is 43.6 Å². The Balaban J connectivity index is 2.00. The summed E-state index contributed by atoms with van der Waals surface area (Å²) in [6, 6.07) is 0. The molecular weight excluding hydrogens is 204 g/mol. The number of nitrogens with zero attached hydrogens (tertiary/aromatic N) is 1. The highest BCUT2D eigenvalue weighted by Crippen LogP contribution is 2.05. The summed E-state index contributed by atoms with van der Waals surface area (Å²) >= 11 is 0. The van der Waals surface area contributed by atoms with E-state index in [2.05, 4.69) is 16.8 Å². The Kier molecular flexibility index (Phi) is 6.33. The summed E-state index contributed by atoms with van der Waals surface area (Å²) in [5.74, 6) is -0.0631. The molecule has 0 aromatic carbocycles. The van der Waals surface area contributed by atoms with Gasteiger partial charge in [0.15, 0.2) is 0 Å². The molecule has 0 atom stereocenters. The molecule has 0 saturated carbocycles. The van der Waals surface area contributed by atoms with E-state index in [9.17, 15) is 4.79 Å². The third-order valence-electron chi connectivity index (χ3n) is 2.51. The van der Waals surface area contributed by atoms with Crippen molar-refractivity contribution in [2.45, 2.75) is 12.8 Å². The van der Waals surface area contributed by atoms with Crippen LogP contribution in [0, 0.1) is 0 Å². The van der Waals surface area contributed by atoms with Crippen LogP contribution < -0.4 is 5.32 Å². The minimum atomic E-state index is -0.0631. The lowest BCUT2D eigenvalue weighted by atomic mass is 10.4. The number of hydrogen-bond donors (Lipinski definition) is 1. The molecule has 1 aliphatic heterocycles. The van der Waals surface area contributed by atoms with E-state index < -0.39 is 0 Å². The largest absolute Gasteiger partial charge is 0.498 e. The number of amides is 1. The molecule has 0 aliphatic carbocycles. The predicted octanol–water partition coefficient (Wildman–Crippen LogP) is 0.915. The Morgan fingerprint density at radius 1 is 1.44 bits per heavy atom. The maximum atomic E-state index is 11.3. The van der Waals surface area contributed by atoms with E-state index in [0.717, 1.165) is 6.54 Å². The molecule has 1 N–H and O–H groups in total. The SMILES string of the molecule is C=COCC=CC(=O)NCCN1CCCC1. The Hall–Kier alpha value is -1.29. The Morgan fingerprint density at radius 2 is 2.19 bits per heavy atom. The molecule has 1 rings (SSSR count). The lowest BCUT2D eigenvalue weighted by Gasteiger charge is -2.13. The Bertz CT molecular complexity index is 245. The molecule has 0 aromatic heterocycles. The van der Waals surface area contributed by atoms with Crippen molar-refractivity contribution >= 4 is 5.91 Å². The summed E-state index contributed by atoms with van der Waals surface area (Å²) in [5, 5.41) is 2.84. The highest BCUT2D eigenvalue weighted by molar-refractivity contribution is 5.87. The van der Waals surface area contributed by atoms with Gasteiger partial charge in [-0.1, -0.05) is 6.58 Å². The zero-order valence-corrected chi connectivity index (χ0v) is 9.65. The quantitative estimate of drug-likeness (QED) is 0.397. The van der Waals surface area contributed by atoms with Crippen LogP contribution in [0.2, 0.25) is 0 Å². The molecule has 1 heterocycles. The molecule has 4 heteroatoms. The van der Waals surface area contributed by atoms with Gasteiger partial charge in [-0.15, -0.1) is 0 Å². The average molecular weight is 224 g/mol. The van der Waals surface area contributed by atoms with Crippen molar-refractivity contribution in [1.82, 2.24) is 10.2 Å². The van der Waals surface area contributed by atoms with Crippen molar-refractivity contribution in [3.8, 4) is 0 Å². The predicted molar refractivity (Wildman–Crippen MR) is 64.0 cm³/mol. The number of ether oxygens (including phenoxy) is 1. The Morgan fingerprint density at radius 3 is 2.88 bits per heavy atom. The number of carbonyl (C=O) groups excluding carboxylic acids is 1. The van der Waals surface area contributed by atoms with Crippen LogP contribution in [-0.2, 0) is 9.53 Å². The molecule has 90 valence electrons. The number of rotatable bonds is 7. The average Bonchev–Trinajstić information content (AvgIpc) is 2.77. The lowest BCUT2D eigenvalue weighted by molar-refractivity contribution is -0.116. The lowest BCUT2D eigenvalue weighted by Crippen LogP contribution is -2.32. The van der Waals surface area contributed by atoms with E-state index in [1.807, 2.05) is 0 Å². The third-order valence-corrected chi connectivity index (χ3v) is 2.51. The fourth-order valence-electron chi connectivity index (χ4n) is 1.68. The van der Waals surface area contributed by atoms with Gasteiger partial charge in [-0.3, -0.25) is 4.79 Å². The molecule has 0 spiro atoms. The number of hydrogen-bond acceptors (Lipinski definition) is 3. The fourth-order valence-corrected chi connectivity index (χ4v) is 1.68. The summed E-state index contributed by atoms with van der Waals surface area (Å²) in [6.45, 7) is 7.79. The molecule has 1 aliphatic rings. The van der Waals surface area contributed by atoms with Gasteiger partial charge in [0.2, 0.25) is 5.91 Å². The molecule has 0 bridgehead atoms. The standard InChI is InChI=1S/C12H20N2O2/c1-2-16-11-5-6-12(15)13-7-10-14-8-3-4-9-14/h2,5-6H,1,3-4,7-11H2,(H,13,15). The topological polar surface area (TPSA) is 41.6 Å². The van der Waals surface area contributed by atoms with Crippen LogP contribution in [0.3, 0.4) is 0 Å². The zero-order valence-electron chi connectivity index (χ0n) is 9.65. The minimum Gasteiger partial charge on any atom is -0.498 e. The summed E-state index contributed by atoms with van der Waals surface area (Å²) in [6.07, 6.45) is 7.09. The maximum absolute atomic E-state index is 11.3. The molecule has 0 unspecified atom stereocenters. The van der Waals surface area contributed by atoms with Crippen LogP contribution >= 0.6 is 0 Å². The molecule has 1 saturated heterocycles. The highest BCUT2D eigenvalue weighted by Gasteiger charge is 2.10. The van der Waals surface area contributed by atoms with Gasteiger partial charge in [0.25, 0.3) is 0 Å². The van der Waals surface area contributed by atoms with Gasteiger partial charge in [0.05, 0.1) is 6.26 Å².